The molecule has 0 aliphatic heterocycles. The van der Waals surface area contributed by atoms with E-state index in [2.05, 4.69) is 15.5 Å². The van der Waals surface area contributed by atoms with Crippen LogP contribution in [0.3, 0.4) is 0 Å². The van der Waals surface area contributed by atoms with Crippen molar-refractivity contribution in [2.45, 2.75) is 31.8 Å². The maximum Gasteiger partial charge on any atom is 0.243 e. The van der Waals surface area contributed by atoms with Crippen molar-refractivity contribution in [1.82, 2.24) is 19.8 Å². The van der Waals surface area contributed by atoms with Gasteiger partial charge in [-0.25, -0.2) is 8.42 Å². The predicted molar refractivity (Wildman–Crippen MR) is 111 cm³/mol. The molecule has 0 saturated carbocycles. The molecule has 0 atom stereocenters. The summed E-state index contributed by atoms with van der Waals surface area (Å²) >= 11 is 0. The molecule has 0 aliphatic rings. The lowest BCUT2D eigenvalue weighted by Crippen LogP contribution is -2.30. The molecule has 0 fully saturated rings. The number of hydrogen-bond acceptors (Lipinski definition) is 4. The van der Waals surface area contributed by atoms with Gasteiger partial charge < -0.3 is 5.32 Å². The monoisotopic (exact) mass is 398 g/mol. The molecule has 1 aromatic heterocycles. The maximum absolute atomic E-state index is 12.5. The first-order valence-electron chi connectivity index (χ1n) is 9.43. The molecule has 0 unspecified atom stereocenters. The summed E-state index contributed by atoms with van der Waals surface area (Å²) in [6.07, 6.45) is 1.83. The Kier molecular flexibility index (Phi) is 6.61. The highest BCUT2D eigenvalue weighted by molar-refractivity contribution is 7.89. The second kappa shape index (κ2) is 9.14. The van der Waals surface area contributed by atoms with Crippen molar-refractivity contribution < 1.29 is 8.42 Å². The molecule has 0 saturated heterocycles. The topological polar surface area (TPSA) is 78.1 Å². The molecule has 3 aromatic rings. The molecule has 0 spiro atoms. The van der Waals surface area contributed by atoms with Crippen LogP contribution in [0.15, 0.2) is 65.7 Å². The third-order valence-electron chi connectivity index (χ3n) is 4.69. The number of rotatable bonds is 9. The van der Waals surface area contributed by atoms with Gasteiger partial charge >= 0.3 is 0 Å². The van der Waals surface area contributed by atoms with Crippen molar-refractivity contribution in [3.8, 4) is 11.3 Å². The molecule has 0 radical (unpaired) electrons. The molecule has 3 rings (SSSR count). The van der Waals surface area contributed by atoms with E-state index in [1.54, 1.807) is 12.1 Å². The zero-order valence-corrected chi connectivity index (χ0v) is 17.0. The van der Waals surface area contributed by atoms with Gasteiger partial charge in [-0.05, 0) is 23.3 Å². The molecular weight excluding hydrogens is 372 g/mol. The largest absolute Gasteiger partial charge is 0.308 e. The number of aromatic amines is 1. The van der Waals surface area contributed by atoms with Crippen molar-refractivity contribution in [2.75, 3.05) is 13.1 Å². The van der Waals surface area contributed by atoms with Crippen molar-refractivity contribution in [3.05, 3.63) is 71.9 Å². The first-order chi connectivity index (χ1) is 13.6. The van der Waals surface area contributed by atoms with Gasteiger partial charge in [0.05, 0.1) is 16.8 Å². The summed E-state index contributed by atoms with van der Waals surface area (Å²) in [6, 6.07) is 17.2. The molecule has 1 heterocycles. The van der Waals surface area contributed by atoms with Crippen LogP contribution in [0.5, 0.6) is 0 Å². The van der Waals surface area contributed by atoms with Gasteiger partial charge in [0.25, 0.3) is 0 Å². The number of hydrogen-bond donors (Lipinski definition) is 2. The smallest absolute Gasteiger partial charge is 0.243 e. The van der Waals surface area contributed by atoms with E-state index in [1.165, 1.54) is 4.31 Å². The highest BCUT2D eigenvalue weighted by atomic mass is 32.2. The van der Waals surface area contributed by atoms with Gasteiger partial charge in [0.2, 0.25) is 10.0 Å². The summed E-state index contributed by atoms with van der Waals surface area (Å²) in [6.45, 7) is 5.94. The van der Waals surface area contributed by atoms with Crippen LogP contribution in [0.2, 0.25) is 0 Å². The Balaban J connectivity index is 1.62. The summed E-state index contributed by atoms with van der Waals surface area (Å²) in [5, 5.41) is 10.6. The average molecular weight is 399 g/mol. The normalized spacial score (nSPS) is 11.8. The molecular formula is C21H26N4O2S. The van der Waals surface area contributed by atoms with Crippen molar-refractivity contribution in [2.24, 2.45) is 0 Å². The van der Waals surface area contributed by atoms with E-state index in [4.69, 9.17) is 0 Å². The van der Waals surface area contributed by atoms with E-state index in [-0.39, 0.29) is 0 Å². The molecule has 0 aliphatic carbocycles. The molecule has 7 heteroatoms. The minimum absolute atomic E-state index is 0.334. The maximum atomic E-state index is 12.5. The minimum atomic E-state index is -3.41. The van der Waals surface area contributed by atoms with Crippen LogP contribution in [-0.4, -0.2) is 36.0 Å². The molecule has 0 bridgehead atoms. The Bertz CT molecular complexity index is 979. The predicted octanol–water partition coefficient (Wildman–Crippen LogP) is 3.40. The van der Waals surface area contributed by atoms with E-state index in [1.807, 2.05) is 62.5 Å². The quantitative estimate of drug-likeness (QED) is 0.579. The third kappa shape index (κ3) is 4.49. The average Bonchev–Trinajstić information content (AvgIpc) is 3.18. The molecule has 28 heavy (non-hydrogen) atoms. The summed E-state index contributed by atoms with van der Waals surface area (Å²) in [5.41, 5.74) is 4.23. The molecule has 0 amide bonds. The van der Waals surface area contributed by atoms with Crippen LogP contribution in [0, 0.1) is 0 Å². The molecule has 2 aromatic carbocycles. The SMILES string of the molecule is CCN(CC)S(=O)(=O)c1ccc(CNCc2cn[nH]c2-c2ccccc2)cc1. The van der Waals surface area contributed by atoms with Crippen LogP contribution < -0.4 is 5.32 Å². The van der Waals surface area contributed by atoms with Crippen LogP contribution in [0.4, 0.5) is 0 Å². The van der Waals surface area contributed by atoms with Crippen LogP contribution in [0.1, 0.15) is 25.0 Å². The molecule has 6 nitrogen and oxygen atoms in total. The number of aromatic nitrogens is 2. The van der Waals surface area contributed by atoms with Gasteiger partial charge in [0, 0.05) is 31.7 Å². The van der Waals surface area contributed by atoms with E-state index in [9.17, 15) is 8.42 Å². The van der Waals surface area contributed by atoms with Crippen molar-refractivity contribution in [1.29, 1.82) is 0 Å². The number of H-pyrrole nitrogens is 1. The molecule has 148 valence electrons. The third-order valence-corrected chi connectivity index (χ3v) is 6.76. The summed E-state index contributed by atoms with van der Waals surface area (Å²) in [5.74, 6) is 0. The zero-order chi connectivity index (χ0) is 20.0. The summed E-state index contributed by atoms with van der Waals surface area (Å²) in [4.78, 5) is 0.334. The molecule has 2 N–H and O–H groups in total. The minimum Gasteiger partial charge on any atom is -0.308 e. The van der Waals surface area contributed by atoms with E-state index in [0.29, 0.717) is 31.1 Å². The number of nitrogens with one attached hydrogen (secondary N) is 2. The first kappa shape index (κ1) is 20.3. The number of sulfonamides is 1. The van der Waals surface area contributed by atoms with Gasteiger partial charge in [0.15, 0.2) is 0 Å². The summed E-state index contributed by atoms with van der Waals surface area (Å²) in [7, 11) is -3.41. The highest BCUT2D eigenvalue weighted by Gasteiger charge is 2.21. The van der Waals surface area contributed by atoms with Crippen molar-refractivity contribution >= 4 is 10.0 Å². The fourth-order valence-corrected chi connectivity index (χ4v) is 4.59. The van der Waals surface area contributed by atoms with E-state index < -0.39 is 10.0 Å². The lowest BCUT2D eigenvalue weighted by molar-refractivity contribution is 0.445. The lowest BCUT2D eigenvalue weighted by atomic mass is 10.1. The van der Waals surface area contributed by atoms with Gasteiger partial charge in [-0.1, -0.05) is 56.3 Å². The van der Waals surface area contributed by atoms with Gasteiger partial charge in [-0.2, -0.15) is 9.40 Å². The Labute approximate surface area is 166 Å². The fourth-order valence-electron chi connectivity index (χ4n) is 3.13. The Hall–Kier alpha value is -2.48. The van der Waals surface area contributed by atoms with Crippen LogP contribution >= 0.6 is 0 Å². The zero-order valence-electron chi connectivity index (χ0n) is 16.2. The van der Waals surface area contributed by atoms with E-state index >= 15 is 0 Å². The van der Waals surface area contributed by atoms with Gasteiger partial charge in [-0.3, -0.25) is 5.10 Å². The standard InChI is InChI=1S/C21H26N4O2S/c1-3-25(4-2)28(26,27)20-12-10-17(11-13-20)14-22-15-19-16-23-24-21(19)18-8-6-5-7-9-18/h5-13,16,22H,3-4,14-15H2,1-2H3,(H,23,24). The highest BCUT2D eigenvalue weighted by Crippen LogP contribution is 2.20. The van der Waals surface area contributed by atoms with Crippen molar-refractivity contribution in [3.63, 3.8) is 0 Å². The second-order valence-corrected chi connectivity index (χ2v) is 8.41. The number of benzene rings is 2. The fraction of sp³-hybridized carbons (Fsp3) is 0.286. The van der Waals surface area contributed by atoms with Gasteiger partial charge in [-0.15, -0.1) is 0 Å². The number of nitrogens with zero attached hydrogens (tertiary/aromatic N) is 2. The van der Waals surface area contributed by atoms with Crippen LogP contribution in [0.25, 0.3) is 11.3 Å². The van der Waals surface area contributed by atoms with E-state index in [0.717, 1.165) is 22.4 Å². The first-order valence-corrected chi connectivity index (χ1v) is 10.9. The lowest BCUT2D eigenvalue weighted by Gasteiger charge is -2.18. The van der Waals surface area contributed by atoms with Gasteiger partial charge in [0.1, 0.15) is 0 Å². The Morgan fingerprint density at radius 2 is 1.64 bits per heavy atom. The second-order valence-electron chi connectivity index (χ2n) is 6.47. The Morgan fingerprint density at radius 3 is 2.29 bits per heavy atom. The summed E-state index contributed by atoms with van der Waals surface area (Å²) < 4.78 is 26.6. The Morgan fingerprint density at radius 1 is 0.964 bits per heavy atom. The van der Waals surface area contributed by atoms with Crippen LogP contribution in [-0.2, 0) is 23.1 Å².